The Morgan fingerprint density at radius 3 is 2.90 bits per heavy atom. The molecule has 0 radical (unpaired) electrons. The minimum Gasteiger partial charge on any atom is -0.488 e. The molecule has 3 aromatic rings. The van der Waals surface area contributed by atoms with Gasteiger partial charge in [0.1, 0.15) is 23.8 Å². The summed E-state index contributed by atoms with van der Waals surface area (Å²) in [6, 6.07) is 11.6. The van der Waals surface area contributed by atoms with Crippen molar-refractivity contribution in [3.05, 3.63) is 71.3 Å². The monoisotopic (exact) mass is 414 g/mol. The largest absolute Gasteiger partial charge is 0.488 e. The van der Waals surface area contributed by atoms with Crippen molar-refractivity contribution < 1.29 is 19.0 Å². The highest BCUT2D eigenvalue weighted by Crippen LogP contribution is 2.25. The van der Waals surface area contributed by atoms with Crippen LogP contribution in [-0.2, 0) is 11.2 Å². The van der Waals surface area contributed by atoms with Crippen LogP contribution in [0.25, 0.3) is 10.8 Å². The number of likely N-dealkylation sites (tertiary alicyclic amines) is 1. The van der Waals surface area contributed by atoms with Crippen LogP contribution in [0.2, 0.25) is 5.02 Å². The SMILES string of the molecule is O=C(Cc1ccc(F)cc1Cl)N1CC[C@@H](Oc2ccc3ccncc3c2)[C@H](O)C1. The number of hydrogen-bond acceptors (Lipinski definition) is 4. The lowest BCUT2D eigenvalue weighted by Gasteiger charge is -2.36. The molecule has 5 nitrogen and oxygen atoms in total. The van der Waals surface area contributed by atoms with Gasteiger partial charge in [-0.25, -0.2) is 4.39 Å². The Labute approximate surface area is 172 Å². The zero-order chi connectivity index (χ0) is 20.4. The number of pyridine rings is 1. The molecule has 1 amide bonds. The van der Waals surface area contributed by atoms with Crippen LogP contribution in [0, 0.1) is 5.82 Å². The van der Waals surface area contributed by atoms with Gasteiger partial charge in [0.15, 0.2) is 0 Å². The Bertz CT molecular complexity index is 1050. The molecule has 4 rings (SSSR count). The number of hydrogen-bond donors (Lipinski definition) is 1. The molecule has 7 heteroatoms. The van der Waals surface area contributed by atoms with Crippen LogP contribution < -0.4 is 4.74 Å². The van der Waals surface area contributed by atoms with E-state index in [1.54, 1.807) is 17.3 Å². The number of fused-ring (bicyclic) bond motifs is 1. The first kappa shape index (κ1) is 19.6. The Morgan fingerprint density at radius 1 is 1.24 bits per heavy atom. The smallest absolute Gasteiger partial charge is 0.227 e. The lowest BCUT2D eigenvalue weighted by molar-refractivity contribution is -0.136. The number of aliphatic hydroxyl groups is 1. The fraction of sp³-hybridized carbons (Fsp3) is 0.273. The molecule has 1 N–H and O–H groups in total. The summed E-state index contributed by atoms with van der Waals surface area (Å²) >= 11 is 6.01. The van der Waals surface area contributed by atoms with Gasteiger partial charge in [0.05, 0.1) is 13.0 Å². The normalized spacial score (nSPS) is 19.3. The molecule has 1 fully saturated rings. The van der Waals surface area contributed by atoms with Gasteiger partial charge < -0.3 is 14.7 Å². The van der Waals surface area contributed by atoms with Crippen LogP contribution in [0.4, 0.5) is 4.39 Å². The second-order valence-corrected chi connectivity index (χ2v) is 7.56. The van der Waals surface area contributed by atoms with Gasteiger partial charge in [0.25, 0.3) is 0 Å². The molecule has 0 spiro atoms. The van der Waals surface area contributed by atoms with Crippen LogP contribution >= 0.6 is 11.6 Å². The van der Waals surface area contributed by atoms with E-state index in [0.29, 0.717) is 24.3 Å². The maximum Gasteiger partial charge on any atom is 0.227 e. The number of carbonyl (C=O) groups is 1. The summed E-state index contributed by atoms with van der Waals surface area (Å²) in [4.78, 5) is 18.3. The first-order valence-electron chi connectivity index (χ1n) is 9.40. The number of aliphatic hydroxyl groups excluding tert-OH is 1. The number of nitrogens with zero attached hydrogens (tertiary/aromatic N) is 2. The summed E-state index contributed by atoms with van der Waals surface area (Å²) in [5.74, 6) is 0.0595. The molecule has 0 bridgehead atoms. The van der Waals surface area contributed by atoms with Gasteiger partial charge in [-0.15, -0.1) is 0 Å². The molecule has 1 aliphatic rings. The molecular weight excluding hydrogens is 395 g/mol. The van der Waals surface area contributed by atoms with Crippen molar-refractivity contribution >= 4 is 28.3 Å². The van der Waals surface area contributed by atoms with E-state index in [2.05, 4.69) is 4.98 Å². The topological polar surface area (TPSA) is 62.7 Å². The maximum atomic E-state index is 13.2. The number of amides is 1. The number of rotatable bonds is 4. The predicted octanol–water partition coefficient (Wildman–Crippen LogP) is 3.61. The molecule has 1 aromatic heterocycles. The summed E-state index contributed by atoms with van der Waals surface area (Å²) in [7, 11) is 0. The first-order valence-corrected chi connectivity index (χ1v) is 9.77. The molecule has 2 aromatic carbocycles. The van der Waals surface area contributed by atoms with Gasteiger partial charge in [-0.05, 0) is 41.3 Å². The molecule has 1 saturated heterocycles. The summed E-state index contributed by atoms with van der Waals surface area (Å²) < 4.78 is 19.1. The average molecular weight is 415 g/mol. The van der Waals surface area contributed by atoms with E-state index in [1.807, 2.05) is 24.3 Å². The number of ether oxygens (including phenoxy) is 1. The fourth-order valence-electron chi connectivity index (χ4n) is 3.53. The Balaban J connectivity index is 1.37. The van der Waals surface area contributed by atoms with E-state index in [4.69, 9.17) is 16.3 Å². The number of piperidine rings is 1. The second-order valence-electron chi connectivity index (χ2n) is 7.15. The van der Waals surface area contributed by atoms with Crippen molar-refractivity contribution in [1.82, 2.24) is 9.88 Å². The molecule has 2 atom stereocenters. The quantitative estimate of drug-likeness (QED) is 0.708. The van der Waals surface area contributed by atoms with Crippen molar-refractivity contribution in [2.75, 3.05) is 13.1 Å². The van der Waals surface area contributed by atoms with Crippen LogP contribution in [0.15, 0.2) is 54.9 Å². The Morgan fingerprint density at radius 2 is 2.10 bits per heavy atom. The van der Waals surface area contributed by atoms with E-state index < -0.39 is 18.0 Å². The van der Waals surface area contributed by atoms with E-state index in [0.717, 1.165) is 10.8 Å². The van der Waals surface area contributed by atoms with Crippen LogP contribution in [0.3, 0.4) is 0 Å². The van der Waals surface area contributed by atoms with Gasteiger partial charge in [-0.3, -0.25) is 9.78 Å². The first-order chi connectivity index (χ1) is 14.0. The molecule has 2 heterocycles. The van der Waals surface area contributed by atoms with Gasteiger partial charge in [0.2, 0.25) is 5.91 Å². The molecule has 0 unspecified atom stereocenters. The summed E-state index contributed by atoms with van der Waals surface area (Å²) in [6.45, 7) is 0.645. The second kappa shape index (κ2) is 8.35. The van der Waals surface area contributed by atoms with Crippen molar-refractivity contribution in [3.63, 3.8) is 0 Å². The predicted molar refractivity (Wildman–Crippen MR) is 108 cm³/mol. The summed E-state index contributed by atoms with van der Waals surface area (Å²) in [5, 5.41) is 12.8. The minimum absolute atomic E-state index is 0.0645. The molecule has 0 aliphatic carbocycles. The lowest BCUT2D eigenvalue weighted by atomic mass is 10.0. The number of halogens is 2. The minimum atomic E-state index is -0.805. The fourth-order valence-corrected chi connectivity index (χ4v) is 3.76. The van der Waals surface area contributed by atoms with Gasteiger partial charge in [-0.2, -0.15) is 0 Å². The molecular formula is C22H20ClFN2O3. The zero-order valence-corrected chi connectivity index (χ0v) is 16.3. The third-order valence-corrected chi connectivity index (χ3v) is 5.48. The lowest BCUT2D eigenvalue weighted by Crippen LogP contribution is -2.51. The number of aromatic nitrogens is 1. The molecule has 1 aliphatic heterocycles. The van der Waals surface area contributed by atoms with Gasteiger partial charge >= 0.3 is 0 Å². The van der Waals surface area contributed by atoms with Crippen molar-refractivity contribution in [1.29, 1.82) is 0 Å². The van der Waals surface area contributed by atoms with Crippen LogP contribution in [0.5, 0.6) is 5.75 Å². The Hall–Kier alpha value is -2.70. The summed E-state index contributed by atoms with van der Waals surface area (Å²) in [5.41, 5.74) is 0.565. The van der Waals surface area contributed by atoms with Crippen LogP contribution in [-0.4, -0.2) is 46.2 Å². The van der Waals surface area contributed by atoms with Crippen molar-refractivity contribution in [2.24, 2.45) is 0 Å². The number of benzene rings is 2. The third-order valence-electron chi connectivity index (χ3n) is 5.13. The van der Waals surface area contributed by atoms with Crippen molar-refractivity contribution in [2.45, 2.75) is 25.0 Å². The summed E-state index contributed by atoms with van der Waals surface area (Å²) in [6.07, 6.45) is 2.87. The average Bonchev–Trinajstić information content (AvgIpc) is 2.71. The Kier molecular flexibility index (Phi) is 5.65. The molecule has 0 saturated carbocycles. The maximum absolute atomic E-state index is 13.2. The number of carbonyl (C=O) groups excluding carboxylic acids is 1. The molecule has 29 heavy (non-hydrogen) atoms. The number of β-amino-alcohol motifs (C(OH)–C–C–N with tert-alkyl or cyclic N) is 1. The van der Waals surface area contributed by atoms with E-state index >= 15 is 0 Å². The van der Waals surface area contributed by atoms with Gasteiger partial charge in [0, 0.05) is 35.8 Å². The van der Waals surface area contributed by atoms with Crippen LogP contribution in [0.1, 0.15) is 12.0 Å². The van der Waals surface area contributed by atoms with Gasteiger partial charge in [-0.1, -0.05) is 23.7 Å². The zero-order valence-electron chi connectivity index (χ0n) is 15.6. The van der Waals surface area contributed by atoms with E-state index in [1.165, 1.54) is 18.2 Å². The van der Waals surface area contributed by atoms with E-state index in [9.17, 15) is 14.3 Å². The third kappa shape index (κ3) is 4.49. The highest BCUT2D eigenvalue weighted by molar-refractivity contribution is 6.31. The molecule has 150 valence electrons. The highest BCUT2D eigenvalue weighted by atomic mass is 35.5. The van der Waals surface area contributed by atoms with E-state index in [-0.39, 0.29) is 23.9 Å². The van der Waals surface area contributed by atoms with Crippen molar-refractivity contribution in [3.8, 4) is 5.75 Å². The standard InChI is InChI=1S/C22H20ClFN2O3/c23-19-11-17(24)3-1-15(19)10-22(28)26-8-6-21(20(27)13-26)29-18-4-2-14-5-7-25-12-16(14)9-18/h1-5,7,9,11-12,20-21,27H,6,8,10,13H2/t20-,21-/m1/s1. The highest BCUT2D eigenvalue weighted by Gasteiger charge is 2.31.